The monoisotopic (exact) mass is 321 g/mol. The summed E-state index contributed by atoms with van der Waals surface area (Å²) >= 11 is 0. The van der Waals surface area contributed by atoms with Crippen LogP contribution in [0, 0.1) is 0 Å². The molecule has 3 rings (SSSR count). The van der Waals surface area contributed by atoms with Crippen molar-refractivity contribution in [2.45, 2.75) is 0 Å². The molecule has 0 bridgehead atoms. The van der Waals surface area contributed by atoms with Crippen LogP contribution in [0.5, 0.6) is 11.5 Å². The lowest BCUT2D eigenvalue weighted by atomic mass is 10.1. The maximum Gasteiger partial charge on any atom is 0.130 e. The van der Waals surface area contributed by atoms with E-state index in [1.165, 1.54) is 0 Å². The van der Waals surface area contributed by atoms with Crippen LogP contribution in [-0.4, -0.2) is 30.2 Å². The summed E-state index contributed by atoms with van der Waals surface area (Å²) in [6.07, 6.45) is 1.56. The number of benzene rings is 2. The quantitative estimate of drug-likeness (QED) is 0.673. The number of aromatic nitrogens is 2. The van der Waals surface area contributed by atoms with E-state index in [1.807, 2.05) is 60.7 Å². The summed E-state index contributed by atoms with van der Waals surface area (Å²) in [5, 5.41) is 3.25. The fraction of sp³-hybridized carbons (Fsp3) is 0.158. The molecule has 0 spiro atoms. The molecule has 1 aromatic heterocycles. The van der Waals surface area contributed by atoms with Crippen molar-refractivity contribution in [2.75, 3.05) is 25.6 Å². The van der Waals surface area contributed by atoms with Gasteiger partial charge >= 0.3 is 0 Å². The van der Waals surface area contributed by atoms with Crippen molar-refractivity contribution in [1.29, 1.82) is 0 Å². The summed E-state index contributed by atoms with van der Waals surface area (Å²) in [5.74, 6) is 2.46. The van der Waals surface area contributed by atoms with Crippen LogP contribution >= 0.6 is 0 Å². The van der Waals surface area contributed by atoms with E-state index in [4.69, 9.17) is 9.47 Å². The van der Waals surface area contributed by atoms with E-state index in [-0.39, 0.29) is 0 Å². The standard InChI is InChI=1S/C19H19N3O2/c1-23-16-9-7-15(8-10-16)18-13-19(22-14-21-18)20-11-12-24-17-5-3-2-4-6-17/h2-10,13-14H,11-12H2,1H3,(H,20,21,22). The summed E-state index contributed by atoms with van der Waals surface area (Å²) in [5.41, 5.74) is 1.88. The van der Waals surface area contributed by atoms with E-state index >= 15 is 0 Å². The van der Waals surface area contributed by atoms with E-state index < -0.39 is 0 Å². The molecule has 3 aromatic rings. The number of rotatable bonds is 7. The van der Waals surface area contributed by atoms with Gasteiger partial charge in [-0.05, 0) is 36.4 Å². The van der Waals surface area contributed by atoms with Crippen molar-refractivity contribution in [3.63, 3.8) is 0 Å². The number of methoxy groups -OCH3 is 1. The van der Waals surface area contributed by atoms with Gasteiger partial charge in [0.25, 0.3) is 0 Å². The highest BCUT2D eigenvalue weighted by molar-refractivity contribution is 5.62. The summed E-state index contributed by atoms with van der Waals surface area (Å²) in [6, 6.07) is 19.4. The zero-order valence-electron chi connectivity index (χ0n) is 13.5. The second-order valence-corrected chi connectivity index (χ2v) is 5.11. The molecule has 24 heavy (non-hydrogen) atoms. The average Bonchev–Trinajstić information content (AvgIpc) is 2.66. The van der Waals surface area contributed by atoms with E-state index in [0.29, 0.717) is 13.2 Å². The lowest BCUT2D eigenvalue weighted by Gasteiger charge is -2.09. The predicted octanol–water partition coefficient (Wildman–Crippen LogP) is 3.64. The molecule has 0 saturated heterocycles. The Hall–Kier alpha value is -3.08. The number of para-hydroxylation sites is 1. The zero-order chi connectivity index (χ0) is 16.6. The van der Waals surface area contributed by atoms with E-state index in [0.717, 1.165) is 28.6 Å². The molecule has 122 valence electrons. The second kappa shape index (κ2) is 7.97. The summed E-state index contributed by atoms with van der Waals surface area (Å²) in [4.78, 5) is 8.56. The minimum Gasteiger partial charge on any atom is -0.497 e. The topological polar surface area (TPSA) is 56.3 Å². The number of ether oxygens (including phenoxy) is 2. The predicted molar refractivity (Wildman–Crippen MR) is 94.4 cm³/mol. The van der Waals surface area contributed by atoms with E-state index in [2.05, 4.69) is 15.3 Å². The highest BCUT2D eigenvalue weighted by Gasteiger charge is 2.02. The summed E-state index contributed by atoms with van der Waals surface area (Å²) in [7, 11) is 1.65. The molecular formula is C19H19N3O2. The first-order valence-corrected chi connectivity index (χ1v) is 7.73. The third-order valence-electron chi connectivity index (χ3n) is 3.47. The molecule has 1 heterocycles. The van der Waals surface area contributed by atoms with Gasteiger partial charge in [-0.2, -0.15) is 0 Å². The Kier molecular flexibility index (Phi) is 5.24. The first-order valence-electron chi connectivity index (χ1n) is 7.73. The molecule has 5 heteroatoms. The summed E-state index contributed by atoms with van der Waals surface area (Å²) < 4.78 is 10.8. The Morgan fingerprint density at radius 2 is 1.71 bits per heavy atom. The van der Waals surface area contributed by atoms with Gasteiger partial charge in [-0.1, -0.05) is 18.2 Å². The van der Waals surface area contributed by atoms with Crippen LogP contribution in [0.15, 0.2) is 67.0 Å². The number of nitrogens with zero attached hydrogens (tertiary/aromatic N) is 2. The fourth-order valence-corrected chi connectivity index (χ4v) is 2.24. The Morgan fingerprint density at radius 3 is 2.46 bits per heavy atom. The molecule has 5 nitrogen and oxygen atoms in total. The molecule has 0 aliphatic rings. The maximum absolute atomic E-state index is 5.65. The number of hydrogen-bond donors (Lipinski definition) is 1. The normalized spacial score (nSPS) is 10.2. The minimum absolute atomic E-state index is 0.561. The Balaban J connectivity index is 1.56. The highest BCUT2D eigenvalue weighted by Crippen LogP contribution is 2.21. The second-order valence-electron chi connectivity index (χ2n) is 5.11. The fourth-order valence-electron chi connectivity index (χ4n) is 2.24. The molecule has 0 unspecified atom stereocenters. The smallest absolute Gasteiger partial charge is 0.130 e. The van der Waals surface area contributed by atoms with Gasteiger partial charge in [0.2, 0.25) is 0 Å². The van der Waals surface area contributed by atoms with Gasteiger partial charge in [-0.15, -0.1) is 0 Å². The molecule has 0 fully saturated rings. The zero-order valence-corrected chi connectivity index (χ0v) is 13.5. The van der Waals surface area contributed by atoms with Gasteiger partial charge in [-0.25, -0.2) is 9.97 Å². The van der Waals surface area contributed by atoms with Crippen LogP contribution in [0.3, 0.4) is 0 Å². The molecular weight excluding hydrogens is 302 g/mol. The molecule has 0 atom stereocenters. The molecule has 0 radical (unpaired) electrons. The summed E-state index contributed by atoms with van der Waals surface area (Å²) in [6.45, 7) is 1.22. The number of anilines is 1. The SMILES string of the molecule is COc1ccc(-c2cc(NCCOc3ccccc3)ncn2)cc1. The van der Waals surface area contributed by atoms with Gasteiger partial charge in [-0.3, -0.25) is 0 Å². The van der Waals surface area contributed by atoms with Crippen molar-refractivity contribution >= 4 is 5.82 Å². The van der Waals surface area contributed by atoms with Crippen molar-refractivity contribution in [2.24, 2.45) is 0 Å². The van der Waals surface area contributed by atoms with Crippen LogP contribution in [0.25, 0.3) is 11.3 Å². The van der Waals surface area contributed by atoms with Crippen LogP contribution in [0.4, 0.5) is 5.82 Å². The van der Waals surface area contributed by atoms with E-state index in [1.54, 1.807) is 13.4 Å². The Morgan fingerprint density at radius 1 is 0.917 bits per heavy atom. The van der Waals surface area contributed by atoms with Gasteiger partial charge in [0.05, 0.1) is 19.3 Å². The van der Waals surface area contributed by atoms with Gasteiger partial charge in [0, 0.05) is 11.6 Å². The van der Waals surface area contributed by atoms with Crippen LogP contribution in [-0.2, 0) is 0 Å². The minimum atomic E-state index is 0.561. The Labute approximate surface area is 141 Å². The molecule has 0 amide bonds. The molecule has 1 N–H and O–H groups in total. The van der Waals surface area contributed by atoms with Gasteiger partial charge in [0.15, 0.2) is 0 Å². The largest absolute Gasteiger partial charge is 0.497 e. The highest BCUT2D eigenvalue weighted by atomic mass is 16.5. The van der Waals surface area contributed by atoms with Gasteiger partial charge < -0.3 is 14.8 Å². The first kappa shape index (κ1) is 15.8. The number of nitrogens with one attached hydrogen (secondary N) is 1. The third-order valence-corrected chi connectivity index (χ3v) is 3.47. The molecule has 2 aromatic carbocycles. The average molecular weight is 321 g/mol. The van der Waals surface area contributed by atoms with Crippen molar-refractivity contribution in [3.05, 3.63) is 67.0 Å². The van der Waals surface area contributed by atoms with Crippen molar-refractivity contribution in [1.82, 2.24) is 9.97 Å². The number of hydrogen-bond acceptors (Lipinski definition) is 5. The van der Waals surface area contributed by atoms with E-state index in [9.17, 15) is 0 Å². The third kappa shape index (κ3) is 4.23. The van der Waals surface area contributed by atoms with Gasteiger partial charge in [0.1, 0.15) is 30.3 Å². The van der Waals surface area contributed by atoms with Crippen LogP contribution < -0.4 is 14.8 Å². The van der Waals surface area contributed by atoms with Crippen molar-refractivity contribution < 1.29 is 9.47 Å². The lowest BCUT2D eigenvalue weighted by molar-refractivity contribution is 0.333. The molecule has 0 aliphatic carbocycles. The van der Waals surface area contributed by atoms with Crippen molar-refractivity contribution in [3.8, 4) is 22.8 Å². The lowest BCUT2D eigenvalue weighted by Crippen LogP contribution is -2.12. The first-order chi connectivity index (χ1) is 11.8. The van der Waals surface area contributed by atoms with Crippen LogP contribution in [0.2, 0.25) is 0 Å². The maximum atomic E-state index is 5.65. The van der Waals surface area contributed by atoms with Crippen LogP contribution in [0.1, 0.15) is 0 Å². The molecule has 0 aliphatic heterocycles. The molecule has 0 saturated carbocycles. The Bertz CT molecular complexity index is 761.